The highest BCUT2D eigenvalue weighted by atomic mass is 16.3. The van der Waals surface area contributed by atoms with Crippen molar-refractivity contribution in [2.75, 3.05) is 0 Å². The van der Waals surface area contributed by atoms with Gasteiger partial charge in [0.05, 0.1) is 12.7 Å². The third-order valence-electron chi connectivity index (χ3n) is 2.81. The Morgan fingerprint density at radius 2 is 2.06 bits per heavy atom. The first-order valence-corrected chi connectivity index (χ1v) is 5.12. The lowest BCUT2D eigenvalue weighted by atomic mass is 10.3. The molecule has 1 aromatic carbocycles. The molecule has 0 aliphatic rings. The van der Waals surface area contributed by atoms with Gasteiger partial charge in [-0.1, -0.05) is 21.7 Å². The molecule has 4 heteroatoms. The van der Waals surface area contributed by atoms with E-state index >= 15 is 0 Å². The first kappa shape index (κ1) is 9.15. The van der Waals surface area contributed by atoms with Crippen molar-refractivity contribution in [2.45, 2.75) is 6.92 Å². The second-order valence-electron chi connectivity index (χ2n) is 3.93. The van der Waals surface area contributed by atoms with E-state index in [9.17, 15) is 5.11 Å². The van der Waals surface area contributed by atoms with Gasteiger partial charge in [-0.2, -0.15) is 0 Å². The first-order chi connectivity index (χ1) is 7.68. The summed E-state index contributed by atoms with van der Waals surface area (Å²) in [5.41, 5.74) is 3.31. The van der Waals surface area contributed by atoms with Crippen LogP contribution in [0.1, 0.15) is 5.69 Å². The minimum atomic E-state index is 0.00574. The predicted octanol–water partition coefficient (Wildman–Crippen LogP) is 0.694. The third kappa shape index (κ3) is 1.04. The topological polar surface area (TPSA) is 44.2 Å². The molecule has 16 heavy (non-hydrogen) atoms. The number of hydrogen-bond acceptors (Lipinski definition) is 2. The summed E-state index contributed by atoms with van der Waals surface area (Å²) < 4.78 is 3.59. The van der Waals surface area contributed by atoms with Crippen molar-refractivity contribution in [3.05, 3.63) is 36.0 Å². The Bertz CT molecular complexity index is 700. The molecule has 3 rings (SSSR count). The van der Waals surface area contributed by atoms with Crippen molar-refractivity contribution in [2.24, 2.45) is 7.05 Å². The number of benzene rings is 1. The van der Waals surface area contributed by atoms with E-state index in [1.165, 1.54) is 0 Å². The maximum Gasteiger partial charge on any atom is 0.300 e. The summed E-state index contributed by atoms with van der Waals surface area (Å²) in [4.78, 5) is 0. The summed E-state index contributed by atoms with van der Waals surface area (Å²) in [6.07, 6.45) is 0. The van der Waals surface area contributed by atoms with Gasteiger partial charge in [0.2, 0.25) is 5.52 Å². The van der Waals surface area contributed by atoms with E-state index in [0.29, 0.717) is 5.65 Å². The lowest BCUT2D eigenvalue weighted by Crippen LogP contribution is -2.28. The first-order valence-electron chi connectivity index (χ1n) is 5.12. The lowest BCUT2D eigenvalue weighted by molar-refractivity contribution is -0.620. The van der Waals surface area contributed by atoms with Gasteiger partial charge in [-0.3, -0.25) is 0 Å². The van der Waals surface area contributed by atoms with E-state index in [0.717, 1.165) is 16.7 Å². The Kier molecular flexibility index (Phi) is 1.68. The molecule has 0 atom stereocenters. The average molecular weight is 213 g/mol. The molecule has 0 amide bonds. The van der Waals surface area contributed by atoms with Crippen LogP contribution in [0, 0.1) is 6.92 Å². The van der Waals surface area contributed by atoms with E-state index in [-0.39, 0.29) is 5.75 Å². The molecule has 4 nitrogen and oxygen atoms in total. The van der Waals surface area contributed by atoms with Gasteiger partial charge >= 0.3 is 0 Å². The van der Waals surface area contributed by atoms with Crippen molar-refractivity contribution < 1.29 is 9.67 Å². The maximum atomic E-state index is 11.9. The summed E-state index contributed by atoms with van der Waals surface area (Å²) in [6.45, 7) is 1.83. The van der Waals surface area contributed by atoms with Crippen LogP contribution in [-0.4, -0.2) is 9.61 Å². The van der Waals surface area contributed by atoms with Gasteiger partial charge in [0.15, 0.2) is 5.52 Å². The zero-order valence-corrected chi connectivity index (χ0v) is 9.14. The molecule has 80 valence electrons. The van der Waals surface area contributed by atoms with Crippen LogP contribution in [0.4, 0.5) is 0 Å². The molecule has 0 spiro atoms. The summed E-state index contributed by atoms with van der Waals surface area (Å²) >= 11 is 0. The number of hydrogen-bond donors (Lipinski definition) is 0. The number of para-hydroxylation sites is 2. The van der Waals surface area contributed by atoms with E-state index in [4.69, 9.17) is 0 Å². The summed E-state index contributed by atoms with van der Waals surface area (Å²) in [7, 11) is 1.88. The molecule has 3 aromatic rings. The highest BCUT2D eigenvalue weighted by Crippen LogP contribution is 2.18. The van der Waals surface area contributed by atoms with Crippen LogP contribution in [0.25, 0.3) is 16.7 Å². The summed E-state index contributed by atoms with van der Waals surface area (Å²) in [5, 5.41) is 16.3. The Hall–Kier alpha value is -2.10. The Labute approximate surface area is 92.4 Å². The molecule has 0 unspecified atom stereocenters. The second-order valence-corrected chi connectivity index (χ2v) is 3.93. The Balaban J connectivity index is 2.67. The number of nitrogens with zero attached hydrogens (tertiary/aromatic N) is 3. The van der Waals surface area contributed by atoms with E-state index in [1.54, 1.807) is 10.6 Å². The van der Waals surface area contributed by atoms with E-state index in [1.807, 2.05) is 42.8 Å². The molecule has 0 aliphatic heterocycles. The zero-order valence-electron chi connectivity index (χ0n) is 9.14. The molecule has 0 N–H and O–H groups in total. The molecule has 0 aliphatic carbocycles. The van der Waals surface area contributed by atoms with Gasteiger partial charge < -0.3 is 5.11 Å². The van der Waals surface area contributed by atoms with Gasteiger partial charge in [-0.25, -0.2) is 4.57 Å². The van der Waals surface area contributed by atoms with Crippen molar-refractivity contribution in [3.8, 4) is 5.75 Å². The summed E-state index contributed by atoms with van der Waals surface area (Å²) in [5.74, 6) is 0.00574. The SMILES string of the molecule is Cc1cc([O-])c2n(n1)c1ccccc1[n+]2C. The van der Waals surface area contributed by atoms with Crippen LogP contribution < -0.4 is 9.67 Å². The number of fused-ring (bicyclic) bond motifs is 3. The molecule has 0 bridgehead atoms. The molecular weight excluding hydrogens is 202 g/mol. The van der Waals surface area contributed by atoms with Crippen LogP contribution in [0.5, 0.6) is 5.75 Å². The third-order valence-corrected chi connectivity index (χ3v) is 2.81. The minimum absolute atomic E-state index is 0.00574. The molecule has 2 aromatic heterocycles. The highest BCUT2D eigenvalue weighted by Gasteiger charge is 2.17. The number of aromatic nitrogens is 3. The van der Waals surface area contributed by atoms with Crippen molar-refractivity contribution in [1.82, 2.24) is 9.61 Å². The van der Waals surface area contributed by atoms with E-state index in [2.05, 4.69) is 5.10 Å². The fourth-order valence-electron chi connectivity index (χ4n) is 2.11. The maximum absolute atomic E-state index is 11.9. The number of imidazole rings is 1. The van der Waals surface area contributed by atoms with Gasteiger partial charge in [0, 0.05) is 0 Å². The molecule has 0 fully saturated rings. The minimum Gasteiger partial charge on any atom is -0.867 e. The largest absolute Gasteiger partial charge is 0.867 e. The van der Waals surface area contributed by atoms with Gasteiger partial charge in [-0.05, 0) is 30.9 Å². The van der Waals surface area contributed by atoms with Gasteiger partial charge in [0.1, 0.15) is 0 Å². The standard InChI is InChI=1S/C12H11N3O/c1-8-7-11(16)12-14(2)9-5-3-4-6-10(9)15(12)13-8/h3-7H,1-2H3. The number of aryl methyl sites for hydroxylation is 2. The highest BCUT2D eigenvalue weighted by molar-refractivity contribution is 5.76. The molecule has 0 radical (unpaired) electrons. The lowest BCUT2D eigenvalue weighted by Gasteiger charge is -2.03. The Morgan fingerprint density at radius 1 is 1.31 bits per heavy atom. The van der Waals surface area contributed by atoms with Crippen LogP contribution >= 0.6 is 0 Å². The second kappa shape index (κ2) is 2.95. The van der Waals surface area contributed by atoms with E-state index < -0.39 is 0 Å². The van der Waals surface area contributed by atoms with Crippen LogP contribution in [0.2, 0.25) is 0 Å². The quantitative estimate of drug-likeness (QED) is 0.516. The van der Waals surface area contributed by atoms with Crippen LogP contribution in [0.15, 0.2) is 30.3 Å². The molecule has 2 heterocycles. The zero-order chi connectivity index (χ0) is 11.3. The fourth-order valence-corrected chi connectivity index (χ4v) is 2.11. The van der Waals surface area contributed by atoms with Crippen LogP contribution in [-0.2, 0) is 7.05 Å². The molecular formula is C12H11N3O. The normalized spacial score (nSPS) is 11.4. The monoisotopic (exact) mass is 213 g/mol. The fraction of sp³-hybridized carbons (Fsp3) is 0.167. The number of rotatable bonds is 0. The van der Waals surface area contributed by atoms with Gasteiger partial charge in [0.25, 0.3) is 5.65 Å². The Morgan fingerprint density at radius 3 is 2.88 bits per heavy atom. The van der Waals surface area contributed by atoms with Crippen molar-refractivity contribution >= 4 is 16.7 Å². The molecule has 0 saturated carbocycles. The van der Waals surface area contributed by atoms with Crippen LogP contribution in [0.3, 0.4) is 0 Å². The van der Waals surface area contributed by atoms with Crippen molar-refractivity contribution in [3.63, 3.8) is 0 Å². The predicted molar refractivity (Wildman–Crippen MR) is 58.1 cm³/mol. The smallest absolute Gasteiger partial charge is 0.300 e. The molecule has 0 saturated heterocycles. The van der Waals surface area contributed by atoms with Crippen molar-refractivity contribution in [1.29, 1.82) is 0 Å². The average Bonchev–Trinajstić information content (AvgIpc) is 2.54. The van der Waals surface area contributed by atoms with Gasteiger partial charge in [-0.15, -0.1) is 0 Å². The summed E-state index contributed by atoms with van der Waals surface area (Å²) in [6, 6.07) is 9.42.